The van der Waals surface area contributed by atoms with Gasteiger partial charge in [-0.3, -0.25) is 0 Å². The maximum Gasteiger partial charge on any atom is 0.354 e. The van der Waals surface area contributed by atoms with Crippen LogP contribution >= 0.6 is 0 Å². The Kier molecular flexibility index (Phi) is 2.68. The number of aromatic carboxylic acids is 1. The minimum absolute atomic E-state index is 0.0129. The van der Waals surface area contributed by atoms with Gasteiger partial charge < -0.3 is 10.1 Å². The molecule has 0 saturated heterocycles. The van der Waals surface area contributed by atoms with E-state index < -0.39 is 5.97 Å². The third kappa shape index (κ3) is 2.28. The standard InChI is InChI=1S/C13H10N4O2/c18-13(19)10-5-6-14-11(17-10)7-12-15-8-3-1-2-4-9(8)16-12/h1-6H,7H2,(H,15,16)(H,18,19). The van der Waals surface area contributed by atoms with Crippen LogP contribution in [0.1, 0.15) is 22.1 Å². The molecule has 2 aromatic heterocycles. The molecule has 0 amide bonds. The smallest absolute Gasteiger partial charge is 0.354 e. The molecular weight excluding hydrogens is 244 g/mol. The summed E-state index contributed by atoms with van der Waals surface area (Å²) in [7, 11) is 0. The summed E-state index contributed by atoms with van der Waals surface area (Å²) in [6.45, 7) is 0. The van der Waals surface area contributed by atoms with Crippen LogP contribution in [0.4, 0.5) is 0 Å². The van der Waals surface area contributed by atoms with Crippen LogP contribution in [0.3, 0.4) is 0 Å². The second-order valence-corrected chi connectivity index (χ2v) is 4.04. The van der Waals surface area contributed by atoms with Gasteiger partial charge in [-0.2, -0.15) is 0 Å². The predicted molar refractivity (Wildman–Crippen MR) is 67.9 cm³/mol. The molecule has 3 rings (SSSR count). The quantitative estimate of drug-likeness (QED) is 0.741. The number of para-hydroxylation sites is 2. The van der Waals surface area contributed by atoms with Crippen molar-refractivity contribution in [2.75, 3.05) is 0 Å². The van der Waals surface area contributed by atoms with Gasteiger partial charge in [0.05, 0.1) is 17.5 Å². The first kappa shape index (κ1) is 11.3. The molecule has 0 saturated carbocycles. The lowest BCUT2D eigenvalue weighted by Crippen LogP contribution is -2.05. The summed E-state index contributed by atoms with van der Waals surface area (Å²) in [5, 5.41) is 8.88. The van der Waals surface area contributed by atoms with Crippen LogP contribution in [-0.4, -0.2) is 31.0 Å². The van der Waals surface area contributed by atoms with Gasteiger partial charge in [-0.05, 0) is 18.2 Å². The summed E-state index contributed by atoms with van der Waals surface area (Å²) in [5.41, 5.74) is 1.79. The SMILES string of the molecule is O=C(O)c1ccnc(Cc2nc3ccccc3[nH]2)n1. The summed E-state index contributed by atoms with van der Waals surface area (Å²) in [6, 6.07) is 9.04. The Morgan fingerprint density at radius 3 is 2.84 bits per heavy atom. The molecule has 0 bridgehead atoms. The van der Waals surface area contributed by atoms with Crippen LogP contribution in [0.25, 0.3) is 11.0 Å². The molecule has 2 heterocycles. The van der Waals surface area contributed by atoms with Crippen molar-refractivity contribution in [1.82, 2.24) is 19.9 Å². The summed E-state index contributed by atoms with van der Waals surface area (Å²) >= 11 is 0. The number of carboxylic acid groups (broad SMARTS) is 1. The molecule has 94 valence electrons. The molecule has 3 aromatic rings. The third-order valence-corrected chi connectivity index (χ3v) is 2.69. The highest BCUT2D eigenvalue weighted by molar-refractivity contribution is 5.85. The van der Waals surface area contributed by atoms with Gasteiger partial charge in [0.1, 0.15) is 11.6 Å². The second-order valence-electron chi connectivity index (χ2n) is 4.04. The number of nitrogens with zero attached hydrogens (tertiary/aromatic N) is 3. The highest BCUT2D eigenvalue weighted by atomic mass is 16.4. The van der Waals surface area contributed by atoms with E-state index in [0.717, 1.165) is 11.0 Å². The molecule has 1 aromatic carbocycles. The van der Waals surface area contributed by atoms with Crippen molar-refractivity contribution in [3.8, 4) is 0 Å². The van der Waals surface area contributed by atoms with Crippen molar-refractivity contribution in [1.29, 1.82) is 0 Å². The Morgan fingerprint density at radius 1 is 1.21 bits per heavy atom. The number of aromatic nitrogens is 4. The average molecular weight is 254 g/mol. The minimum atomic E-state index is -1.06. The van der Waals surface area contributed by atoms with Gasteiger partial charge >= 0.3 is 5.97 Å². The van der Waals surface area contributed by atoms with Crippen molar-refractivity contribution in [3.05, 3.63) is 53.9 Å². The van der Waals surface area contributed by atoms with Crippen LogP contribution < -0.4 is 0 Å². The van der Waals surface area contributed by atoms with E-state index >= 15 is 0 Å². The number of carbonyl (C=O) groups is 1. The minimum Gasteiger partial charge on any atom is -0.477 e. The van der Waals surface area contributed by atoms with Crippen molar-refractivity contribution in [3.63, 3.8) is 0 Å². The summed E-state index contributed by atoms with van der Waals surface area (Å²) in [6.07, 6.45) is 1.81. The fraction of sp³-hybridized carbons (Fsp3) is 0.0769. The van der Waals surface area contributed by atoms with E-state index in [1.807, 2.05) is 24.3 Å². The lowest BCUT2D eigenvalue weighted by Gasteiger charge is -1.98. The first-order valence-corrected chi connectivity index (χ1v) is 5.71. The van der Waals surface area contributed by atoms with Crippen LogP contribution in [0.15, 0.2) is 36.5 Å². The molecule has 0 aliphatic carbocycles. The zero-order chi connectivity index (χ0) is 13.2. The molecule has 0 radical (unpaired) electrons. The second kappa shape index (κ2) is 4.49. The van der Waals surface area contributed by atoms with Crippen molar-refractivity contribution in [2.45, 2.75) is 6.42 Å². The molecule has 2 N–H and O–H groups in total. The topological polar surface area (TPSA) is 91.8 Å². The molecule has 0 spiro atoms. The maximum absolute atomic E-state index is 10.8. The molecule has 0 fully saturated rings. The largest absolute Gasteiger partial charge is 0.477 e. The number of imidazole rings is 1. The summed E-state index contributed by atoms with van der Waals surface area (Å²) in [4.78, 5) is 26.4. The lowest BCUT2D eigenvalue weighted by atomic mass is 10.3. The zero-order valence-electron chi connectivity index (χ0n) is 9.87. The fourth-order valence-corrected chi connectivity index (χ4v) is 1.84. The Hall–Kier alpha value is -2.76. The van der Waals surface area contributed by atoms with E-state index in [1.54, 1.807) is 0 Å². The van der Waals surface area contributed by atoms with Gasteiger partial charge in [0.25, 0.3) is 0 Å². The number of benzene rings is 1. The molecule has 19 heavy (non-hydrogen) atoms. The van der Waals surface area contributed by atoms with Gasteiger partial charge in [0.15, 0.2) is 5.69 Å². The number of carboxylic acids is 1. The van der Waals surface area contributed by atoms with Crippen LogP contribution in [0.5, 0.6) is 0 Å². The van der Waals surface area contributed by atoms with Gasteiger partial charge in [0.2, 0.25) is 0 Å². The van der Waals surface area contributed by atoms with E-state index in [1.165, 1.54) is 12.3 Å². The number of hydrogen-bond donors (Lipinski definition) is 2. The van der Waals surface area contributed by atoms with E-state index in [4.69, 9.17) is 5.11 Å². The highest BCUT2D eigenvalue weighted by Crippen LogP contribution is 2.12. The van der Waals surface area contributed by atoms with Gasteiger partial charge in [-0.15, -0.1) is 0 Å². The van der Waals surface area contributed by atoms with E-state index in [2.05, 4.69) is 19.9 Å². The van der Waals surface area contributed by atoms with E-state index in [9.17, 15) is 4.79 Å². The van der Waals surface area contributed by atoms with Crippen LogP contribution in [-0.2, 0) is 6.42 Å². The number of fused-ring (bicyclic) bond motifs is 1. The van der Waals surface area contributed by atoms with Crippen LogP contribution in [0.2, 0.25) is 0 Å². The molecule has 6 heteroatoms. The zero-order valence-corrected chi connectivity index (χ0v) is 9.87. The van der Waals surface area contributed by atoms with Crippen molar-refractivity contribution in [2.24, 2.45) is 0 Å². The molecule has 0 aliphatic rings. The fourth-order valence-electron chi connectivity index (χ4n) is 1.84. The first-order chi connectivity index (χ1) is 9.22. The normalized spacial score (nSPS) is 10.7. The Balaban J connectivity index is 1.92. The Labute approximate surface area is 108 Å². The first-order valence-electron chi connectivity index (χ1n) is 5.71. The number of rotatable bonds is 3. The molecule has 0 aliphatic heterocycles. The Morgan fingerprint density at radius 2 is 2.05 bits per heavy atom. The van der Waals surface area contributed by atoms with Crippen molar-refractivity contribution < 1.29 is 9.90 Å². The molecular formula is C13H10N4O2. The average Bonchev–Trinajstić information content (AvgIpc) is 2.81. The number of H-pyrrole nitrogens is 1. The van der Waals surface area contributed by atoms with Gasteiger partial charge in [-0.25, -0.2) is 19.7 Å². The number of nitrogens with one attached hydrogen (secondary N) is 1. The molecule has 0 unspecified atom stereocenters. The van der Waals surface area contributed by atoms with E-state index in [-0.39, 0.29) is 5.69 Å². The van der Waals surface area contributed by atoms with Crippen LogP contribution in [0, 0.1) is 0 Å². The van der Waals surface area contributed by atoms with Crippen molar-refractivity contribution >= 4 is 17.0 Å². The highest BCUT2D eigenvalue weighted by Gasteiger charge is 2.09. The lowest BCUT2D eigenvalue weighted by molar-refractivity contribution is 0.0690. The monoisotopic (exact) mass is 254 g/mol. The number of aromatic amines is 1. The molecule has 0 atom stereocenters. The molecule has 6 nitrogen and oxygen atoms in total. The Bertz CT molecular complexity index is 718. The summed E-state index contributed by atoms with van der Waals surface area (Å²) < 4.78 is 0. The van der Waals surface area contributed by atoms with Gasteiger partial charge in [-0.1, -0.05) is 12.1 Å². The number of hydrogen-bond acceptors (Lipinski definition) is 4. The van der Waals surface area contributed by atoms with E-state index in [0.29, 0.717) is 18.1 Å². The maximum atomic E-state index is 10.8. The third-order valence-electron chi connectivity index (χ3n) is 2.69. The predicted octanol–water partition coefficient (Wildman–Crippen LogP) is 1.64. The van der Waals surface area contributed by atoms with Gasteiger partial charge in [0, 0.05) is 6.20 Å². The summed E-state index contributed by atoms with van der Waals surface area (Å²) in [5.74, 6) is 0.0796.